The summed E-state index contributed by atoms with van der Waals surface area (Å²) in [5, 5.41) is 5.60. The highest BCUT2D eigenvalue weighted by Gasteiger charge is 2.29. The third-order valence-electron chi connectivity index (χ3n) is 5.59. The number of hydrogen-bond donors (Lipinski definition) is 2. The van der Waals surface area contributed by atoms with Gasteiger partial charge in [0.05, 0.1) is 4.90 Å². The maximum absolute atomic E-state index is 13.0. The van der Waals surface area contributed by atoms with E-state index in [9.17, 15) is 22.8 Å². The zero-order chi connectivity index (χ0) is 24.7. The fourth-order valence-corrected chi connectivity index (χ4v) is 5.10. The number of carbonyl (C=O) groups is 3. The zero-order valence-electron chi connectivity index (χ0n) is 19.4. The highest BCUT2D eigenvalue weighted by molar-refractivity contribution is 7.89. The first-order valence-corrected chi connectivity index (χ1v) is 12.7. The minimum Gasteiger partial charge on any atom is -0.348 e. The Balaban J connectivity index is 1.60. The topological polar surface area (TPSA) is 116 Å². The van der Waals surface area contributed by atoms with E-state index in [4.69, 9.17) is 0 Å². The molecule has 1 heterocycles. The summed E-state index contributed by atoms with van der Waals surface area (Å²) in [6.07, 6.45) is 1.23. The Hall–Kier alpha value is -3.24. The van der Waals surface area contributed by atoms with E-state index in [1.165, 1.54) is 23.4 Å². The van der Waals surface area contributed by atoms with Gasteiger partial charge in [0.2, 0.25) is 21.8 Å². The van der Waals surface area contributed by atoms with Crippen LogP contribution in [-0.4, -0.2) is 61.5 Å². The van der Waals surface area contributed by atoms with Gasteiger partial charge in [-0.05, 0) is 42.3 Å². The van der Waals surface area contributed by atoms with Crippen molar-refractivity contribution >= 4 is 33.4 Å². The largest absolute Gasteiger partial charge is 0.348 e. The van der Waals surface area contributed by atoms with Crippen molar-refractivity contribution in [2.75, 3.05) is 31.5 Å². The lowest BCUT2D eigenvalue weighted by molar-refractivity contribution is -0.130. The molecule has 3 rings (SSSR count). The summed E-state index contributed by atoms with van der Waals surface area (Å²) >= 11 is 0. The van der Waals surface area contributed by atoms with Crippen molar-refractivity contribution in [3.05, 3.63) is 59.7 Å². The molecule has 1 fully saturated rings. The zero-order valence-corrected chi connectivity index (χ0v) is 20.2. The van der Waals surface area contributed by atoms with Gasteiger partial charge in [0, 0.05) is 57.3 Å². The van der Waals surface area contributed by atoms with Gasteiger partial charge >= 0.3 is 0 Å². The second-order valence-electron chi connectivity index (χ2n) is 8.12. The standard InChI is InChI=1S/C24H30N4O5S/c1-3-5-23(30)26-21-10-8-19(9-11-21)17-25-24(31)20-6-4-7-22(16-20)34(32,33)28-14-12-27(13-15-28)18(2)29/h4,6-11,16H,3,5,12-15,17H2,1-2H3,(H,25,31)(H,26,30). The smallest absolute Gasteiger partial charge is 0.251 e. The Labute approximate surface area is 200 Å². The lowest BCUT2D eigenvalue weighted by Gasteiger charge is -2.33. The molecule has 0 aliphatic carbocycles. The molecule has 2 aromatic rings. The second kappa shape index (κ2) is 11.3. The van der Waals surface area contributed by atoms with Gasteiger partial charge in [0.1, 0.15) is 0 Å². The van der Waals surface area contributed by atoms with Gasteiger partial charge in [-0.2, -0.15) is 4.31 Å². The summed E-state index contributed by atoms with van der Waals surface area (Å²) in [4.78, 5) is 37.5. The molecule has 3 amide bonds. The average molecular weight is 487 g/mol. The molecule has 1 saturated heterocycles. The van der Waals surface area contributed by atoms with Gasteiger partial charge in [-0.1, -0.05) is 25.1 Å². The number of nitrogens with zero attached hydrogens (tertiary/aromatic N) is 2. The van der Waals surface area contributed by atoms with E-state index in [0.717, 1.165) is 12.0 Å². The molecule has 0 aromatic heterocycles. The number of rotatable bonds is 8. The van der Waals surface area contributed by atoms with E-state index in [1.54, 1.807) is 29.2 Å². The molecule has 0 unspecified atom stereocenters. The van der Waals surface area contributed by atoms with Crippen LogP contribution in [0.5, 0.6) is 0 Å². The van der Waals surface area contributed by atoms with E-state index in [1.807, 2.05) is 19.1 Å². The summed E-state index contributed by atoms with van der Waals surface area (Å²) in [7, 11) is -3.77. The predicted molar refractivity (Wildman–Crippen MR) is 129 cm³/mol. The molecule has 1 aliphatic heterocycles. The van der Waals surface area contributed by atoms with Gasteiger partial charge in [-0.25, -0.2) is 8.42 Å². The molecule has 10 heteroatoms. The fraction of sp³-hybridized carbons (Fsp3) is 0.375. The van der Waals surface area contributed by atoms with Crippen molar-refractivity contribution in [1.29, 1.82) is 0 Å². The number of sulfonamides is 1. The number of nitrogens with one attached hydrogen (secondary N) is 2. The minimum atomic E-state index is -3.77. The summed E-state index contributed by atoms with van der Waals surface area (Å²) in [6.45, 7) is 4.78. The van der Waals surface area contributed by atoms with Crippen LogP contribution in [0.3, 0.4) is 0 Å². The Kier molecular flexibility index (Phi) is 8.41. The normalized spacial score (nSPS) is 14.5. The average Bonchev–Trinajstić information content (AvgIpc) is 2.83. The van der Waals surface area contributed by atoms with E-state index >= 15 is 0 Å². The van der Waals surface area contributed by atoms with Crippen LogP contribution in [0.15, 0.2) is 53.4 Å². The quantitative estimate of drug-likeness (QED) is 0.594. The Morgan fingerprint density at radius 3 is 2.26 bits per heavy atom. The van der Waals surface area contributed by atoms with Crippen LogP contribution >= 0.6 is 0 Å². The molecule has 2 N–H and O–H groups in total. The van der Waals surface area contributed by atoms with Crippen LogP contribution in [0, 0.1) is 0 Å². The van der Waals surface area contributed by atoms with Crippen molar-refractivity contribution in [3.63, 3.8) is 0 Å². The molecular formula is C24H30N4O5S. The molecule has 0 saturated carbocycles. The maximum Gasteiger partial charge on any atom is 0.251 e. The lowest BCUT2D eigenvalue weighted by atomic mass is 10.1. The third kappa shape index (κ3) is 6.42. The second-order valence-corrected chi connectivity index (χ2v) is 10.1. The van der Waals surface area contributed by atoms with Crippen LogP contribution in [0.25, 0.3) is 0 Å². The molecule has 1 aliphatic rings. The molecule has 2 aromatic carbocycles. The van der Waals surface area contributed by atoms with Crippen molar-refractivity contribution < 1.29 is 22.8 Å². The first-order valence-electron chi connectivity index (χ1n) is 11.2. The molecule has 0 radical (unpaired) electrons. The lowest BCUT2D eigenvalue weighted by Crippen LogP contribution is -2.49. The first kappa shape index (κ1) is 25.4. The highest BCUT2D eigenvalue weighted by atomic mass is 32.2. The van der Waals surface area contributed by atoms with Gasteiger partial charge in [0.25, 0.3) is 5.91 Å². The minimum absolute atomic E-state index is 0.0425. The van der Waals surface area contributed by atoms with Crippen LogP contribution in [-0.2, 0) is 26.2 Å². The molecule has 9 nitrogen and oxygen atoms in total. The number of carbonyl (C=O) groups excluding carboxylic acids is 3. The predicted octanol–water partition coefficient (Wildman–Crippen LogP) is 2.21. The van der Waals surface area contributed by atoms with Crippen LogP contribution < -0.4 is 10.6 Å². The van der Waals surface area contributed by atoms with Crippen LogP contribution in [0.1, 0.15) is 42.6 Å². The van der Waals surface area contributed by atoms with Crippen molar-refractivity contribution in [3.8, 4) is 0 Å². The van der Waals surface area contributed by atoms with E-state index in [-0.39, 0.29) is 41.9 Å². The third-order valence-corrected chi connectivity index (χ3v) is 7.48. The molecular weight excluding hydrogens is 456 g/mol. The van der Waals surface area contributed by atoms with Gasteiger partial charge in [0.15, 0.2) is 0 Å². The number of amides is 3. The number of hydrogen-bond acceptors (Lipinski definition) is 5. The van der Waals surface area contributed by atoms with Crippen molar-refractivity contribution in [1.82, 2.24) is 14.5 Å². The summed E-state index contributed by atoms with van der Waals surface area (Å²) in [5.74, 6) is -0.510. The van der Waals surface area contributed by atoms with Gasteiger partial charge in [-0.15, -0.1) is 0 Å². The summed E-state index contributed by atoms with van der Waals surface area (Å²) < 4.78 is 27.4. The Bertz CT molecular complexity index is 1140. The number of piperazine rings is 1. The molecule has 0 atom stereocenters. The highest BCUT2D eigenvalue weighted by Crippen LogP contribution is 2.19. The SMILES string of the molecule is CCCC(=O)Nc1ccc(CNC(=O)c2cccc(S(=O)(=O)N3CCN(C(C)=O)CC3)c2)cc1. The molecule has 0 bridgehead atoms. The van der Waals surface area contributed by atoms with Crippen LogP contribution in [0.4, 0.5) is 5.69 Å². The molecule has 0 spiro atoms. The van der Waals surface area contributed by atoms with E-state index < -0.39 is 15.9 Å². The van der Waals surface area contributed by atoms with E-state index in [0.29, 0.717) is 25.2 Å². The first-order chi connectivity index (χ1) is 16.2. The van der Waals surface area contributed by atoms with Gasteiger partial charge in [-0.3, -0.25) is 14.4 Å². The summed E-state index contributed by atoms with van der Waals surface area (Å²) in [6, 6.07) is 13.1. The fourth-order valence-electron chi connectivity index (χ4n) is 3.63. The number of anilines is 1. The maximum atomic E-state index is 13.0. The Morgan fingerprint density at radius 2 is 1.65 bits per heavy atom. The van der Waals surface area contributed by atoms with Crippen molar-refractivity contribution in [2.24, 2.45) is 0 Å². The van der Waals surface area contributed by atoms with Crippen LogP contribution in [0.2, 0.25) is 0 Å². The van der Waals surface area contributed by atoms with Gasteiger partial charge < -0.3 is 15.5 Å². The van der Waals surface area contributed by atoms with Crippen molar-refractivity contribution in [2.45, 2.75) is 38.1 Å². The Morgan fingerprint density at radius 1 is 0.971 bits per heavy atom. The van der Waals surface area contributed by atoms with E-state index in [2.05, 4.69) is 10.6 Å². The molecule has 182 valence electrons. The number of benzene rings is 2. The monoisotopic (exact) mass is 486 g/mol. The summed E-state index contributed by atoms with van der Waals surface area (Å²) in [5.41, 5.74) is 1.77. The molecule has 34 heavy (non-hydrogen) atoms.